The second-order valence-electron chi connectivity index (χ2n) is 5.26. The lowest BCUT2D eigenvalue weighted by Gasteiger charge is -2.26. The highest BCUT2D eigenvalue weighted by Crippen LogP contribution is 2.23. The molecule has 0 saturated carbocycles. The second kappa shape index (κ2) is 5.38. The van der Waals surface area contributed by atoms with Gasteiger partial charge >= 0.3 is 0 Å². The molecular weight excluding hydrogens is 258 g/mol. The summed E-state index contributed by atoms with van der Waals surface area (Å²) in [6.07, 6.45) is 7.28. The molecule has 2 saturated heterocycles. The Morgan fingerprint density at radius 2 is 2.05 bits per heavy atom. The lowest BCUT2D eigenvalue weighted by Crippen LogP contribution is -2.37. The standard InChI is InChI=1S/C13H19N5S/c14-13(19)11-7-16-12(8-15-11)18-6-2-5-17-4-1-3-10(17)9-18/h7-8,10H,1-6,9H2,(H2,14,19). The summed E-state index contributed by atoms with van der Waals surface area (Å²) in [7, 11) is 0. The highest BCUT2D eigenvalue weighted by Gasteiger charge is 2.29. The summed E-state index contributed by atoms with van der Waals surface area (Å²) in [6, 6.07) is 0.680. The third-order valence-electron chi connectivity index (χ3n) is 4.02. The molecule has 0 bridgehead atoms. The molecule has 102 valence electrons. The van der Waals surface area contributed by atoms with Gasteiger partial charge in [-0.15, -0.1) is 0 Å². The summed E-state index contributed by atoms with van der Waals surface area (Å²) in [5, 5.41) is 0. The molecule has 0 amide bonds. The Bertz CT molecular complexity index is 461. The molecule has 6 heteroatoms. The number of anilines is 1. The summed E-state index contributed by atoms with van der Waals surface area (Å²) in [5.41, 5.74) is 6.14. The Morgan fingerprint density at radius 1 is 1.21 bits per heavy atom. The van der Waals surface area contributed by atoms with E-state index in [4.69, 9.17) is 18.0 Å². The Balaban J connectivity index is 1.75. The Morgan fingerprint density at radius 3 is 2.79 bits per heavy atom. The van der Waals surface area contributed by atoms with Crippen molar-refractivity contribution < 1.29 is 0 Å². The van der Waals surface area contributed by atoms with Crippen molar-refractivity contribution in [3.05, 3.63) is 18.1 Å². The predicted octanol–water partition coefficient (Wildman–Crippen LogP) is 0.785. The lowest BCUT2D eigenvalue weighted by molar-refractivity contribution is 0.273. The minimum atomic E-state index is 0.303. The molecule has 0 aliphatic carbocycles. The van der Waals surface area contributed by atoms with Crippen LogP contribution in [0.5, 0.6) is 0 Å². The normalized spacial score (nSPS) is 24.0. The largest absolute Gasteiger partial charge is 0.388 e. The van der Waals surface area contributed by atoms with Crippen molar-refractivity contribution in [3.8, 4) is 0 Å². The van der Waals surface area contributed by atoms with E-state index in [9.17, 15) is 0 Å². The molecule has 1 atom stereocenters. The quantitative estimate of drug-likeness (QED) is 0.807. The van der Waals surface area contributed by atoms with Crippen LogP contribution in [0.25, 0.3) is 0 Å². The first kappa shape index (κ1) is 12.7. The van der Waals surface area contributed by atoms with E-state index in [1.165, 1.54) is 32.4 Å². The summed E-state index contributed by atoms with van der Waals surface area (Å²) in [6.45, 7) is 4.57. The van der Waals surface area contributed by atoms with E-state index < -0.39 is 0 Å². The maximum atomic E-state index is 5.55. The van der Waals surface area contributed by atoms with Gasteiger partial charge in [-0.2, -0.15) is 0 Å². The zero-order chi connectivity index (χ0) is 13.2. The van der Waals surface area contributed by atoms with Gasteiger partial charge in [-0.3, -0.25) is 4.90 Å². The lowest BCUT2D eigenvalue weighted by atomic mass is 10.2. The molecule has 0 spiro atoms. The molecule has 2 aliphatic rings. The number of hydrogen-bond donors (Lipinski definition) is 1. The summed E-state index contributed by atoms with van der Waals surface area (Å²) in [5.74, 6) is 0.939. The summed E-state index contributed by atoms with van der Waals surface area (Å²) in [4.78, 5) is 14.0. The maximum absolute atomic E-state index is 5.55. The van der Waals surface area contributed by atoms with E-state index in [-0.39, 0.29) is 0 Å². The van der Waals surface area contributed by atoms with Crippen LogP contribution in [0.4, 0.5) is 5.82 Å². The molecule has 0 aromatic carbocycles. The van der Waals surface area contributed by atoms with Gasteiger partial charge in [0.05, 0.1) is 12.4 Å². The molecule has 19 heavy (non-hydrogen) atoms. The molecule has 3 heterocycles. The van der Waals surface area contributed by atoms with Crippen molar-refractivity contribution in [1.82, 2.24) is 14.9 Å². The SMILES string of the molecule is NC(=S)c1cnc(N2CCCN3CCCC3C2)cn1. The maximum Gasteiger partial charge on any atom is 0.147 e. The van der Waals surface area contributed by atoms with Crippen LogP contribution in [-0.2, 0) is 0 Å². The van der Waals surface area contributed by atoms with E-state index in [2.05, 4.69) is 19.8 Å². The summed E-state index contributed by atoms with van der Waals surface area (Å²) >= 11 is 4.90. The van der Waals surface area contributed by atoms with Gasteiger partial charge < -0.3 is 10.6 Å². The fourth-order valence-electron chi connectivity index (χ4n) is 3.03. The number of thiocarbonyl (C=S) groups is 1. The van der Waals surface area contributed by atoms with Crippen molar-refractivity contribution in [1.29, 1.82) is 0 Å². The van der Waals surface area contributed by atoms with Gasteiger partial charge in [0.15, 0.2) is 0 Å². The molecule has 3 rings (SSSR count). The fraction of sp³-hybridized carbons (Fsp3) is 0.615. The minimum Gasteiger partial charge on any atom is -0.388 e. The molecule has 2 fully saturated rings. The van der Waals surface area contributed by atoms with Gasteiger partial charge in [-0.25, -0.2) is 9.97 Å². The molecule has 5 nitrogen and oxygen atoms in total. The van der Waals surface area contributed by atoms with Crippen LogP contribution in [0.2, 0.25) is 0 Å². The van der Waals surface area contributed by atoms with Gasteiger partial charge in [0.1, 0.15) is 16.5 Å². The average Bonchev–Trinajstić information content (AvgIpc) is 2.76. The minimum absolute atomic E-state index is 0.303. The molecule has 2 N–H and O–H groups in total. The zero-order valence-electron chi connectivity index (χ0n) is 11.0. The van der Waals surface area contributed by atoms with Crippen LogP contribution in [0.1, 0.15) is 25.0 Å². The van der Waals surface area contributed by atoms with Gasteiger partial charge in [-0.05, 0) is 25.8 Å². The number of nitrogens with zero attached hydrogens (tertiary/aromatic N) is 4. The van der Waals surface area contributed by atoms with Gasteiger partial charge in [0.2, 0.25) is 0 Å². The average molecular weight is 277 g/mol. The number of fused-ring (bicyclic) bond motifs is 1. The van der Waals surface area contributed by atoms with Crippen molar-refractivity contribution in [3.63, 3.8) is 0 Å². The second-order valence-corrected chi connectivity index (χ2v) is 5.70. The third kappa shape index (κ3) is 2.69. The molecule has 1 unspecified atom stereocenters. The Hall–Kier alpha value is -1.27. The van der Waals surface area contributed by atoms with Crippen molar-refractivity contribution in [2.45, 2.75) is 25.3 Å². The smallest absolute Gasteiger partial charge is 0.147 e. The number of aromatic nitrogens is 2. The van der Waals surface area contributed by atoms with Crippen LogP contribution < -0.4 is 10.6 Å². The highest BCUT2D eigenvalue weighted by molar-refractivity contribution is 7.80. The number of nitrogens with two attached hydrogens (primary N) is 1. The third-order valence-corrected chi connectivity index (χ3v) is 4.23. The Kier molecular flexibility index (Phi) is 3.61. The zero-order valence-corrected chi connectivity index (χ0v) is 11.8. The van der Waals surface area contributed by atoms with E-state index >= 15 is 0 Å². The van der Waals surface area contributed by atoms with E-state index in [0.29, 0.717) is 16.7 Å². The van der Waals surface area contributed by atoms with Crippen LogP contribution in [0, 0.1) is 0 Å². The van der Waals surface area contributed by atoms with E-state index in [1.54, 1.807) is 12.4 Å². The van der Waals surface area contributed by atoms with Crippen LogP contribution in [0.3, 0.4) is 0 Å². The van der Waals surface area contributed by atoms with E-state index in [0.717, 1.165) is 18.9 Å². The Labute approximate surface area is 118 Å². The molecule has 2 aliphatic heterocycles. The molecule has 1 aromatic heterocycles. The number of hydrogen-bond acceptors (Lipinski definition) is 5. The van der Waals surface area contributed by atoms with Crippen LogP contribution in [0.15, 0.2) is 12.4 Å². The highest BCUT2D eigenvalue weighted by atomic mass is 32.1. The van der Waals surface area contributed by atoms with E-state index in [1.807, 2.05) is 0 Å². The van der Waals surface area contributed by atoms with Crippen molar-refractivity contribution in [2.75, 3.05) is 31.1 Å². The van der Waals surface area contributed by atoms with Gasteiger partial charge in [-0.1, -0.05) is 12.2 Å². The van der Waals surface area contributed by atoms with Crippen molar-refractivity contribution in [2.24, 2.45) is 5.73 Å². The van der Waals surface area contributed by atoms with Gasteiger partial charge in [0, 0.05) is 25.7 Å². The topological polar surface area (TPSA) is 58.3 Å². The molecule has 1 aromatic rings. The first-order valence-electron chi connectivity index (χ1n) is 6.85. The number of rotatable bonds is 2. The predicted molar refractivity (Wildman–Crippen MR) is 79.3 cm³/mol. The first-order valence-corrected chi connectivity index (χ1v) is 7.26. The first-order chi connectivity index (χ1) is 9.24. The van der Waals surface area contributed by atoms with Crippen LogP contribution >= 0.6 is 12.2 Å². The summed E-state index contributed by atoms with van der Waals surface area (Å²) < 4.78 is 0. The van der Waals surface area contributed by atoms with Gasteiger partial charge in [0.25, 0.3) is 0 Å². The molecule has 0 radical (unpaired) electrons. The van der Waals surface area contributed by atoms with Crippen molar-refractivity contribution >= 4 is 23.0 Å². The monoisotopic (exact) mass is 277 g/mol. The molecular formula is C13H19N5S. The fourth-order valence-corrected chi connectivity index (χ4v) is 3.13. The van der Waals surface area contributed by atoms with Crippen LogP contribution in [-0.4, -0.2) is 52.1 Å².